The van der Waals surface area contributed by atoms with E-state index in [1.807, 2.05) is 0 Å². The normalized spacial score (nSPS) is 34.2. The molecule has 2 saturated carbocycles. The average Bonchev–Trinajstić information content (AvgIpc) is 2.28. The average molecular weight is 230 g/mol. The van der Waals surface area contributed by atoms with E-state index in [-0.39, 0.29) is 0 Å². The van der Waals surface area contributed by atoms with Crippen LogP contribution in [0.25, 0.3) is 0 Å². The van der Waals surface area contributed by atoms with Gasteiger partial charge in [0.05, 0.1) is 0 Å². The Bertz CT molecular complexity index is 177. The van der Waals surface area contributed by atoms with Crippen LogP contribution in [0.3, 0.4) is 0 Å². The van der Waals surface area contributed by atoms with Crippen molar-refractivity contribution < 1.29 is 0 Å². The van der Waals surface area contributed by atoms with Crippen molar-refractivity contribution in [2.24, 2.45) is 5.92 Å². The van der Waals surface area contributed by atoms with Crippen molar-refractivity contribution in [3.05, 3.63) is 0 Å². The fraction of sp³-hybridized carbons (Fsp3) is 1.00. The molecule has 2 aliphatic carbocycles. The number of rotatable bonds is 3. The highest BCUT2D eigenvalue weighted by molar-refractivity contribution is 6.20. The van der Waals surface area contributed by atoms with Gasteiger partial charge in [-0.05, 0) is 44.6 Å². The van der Waals surface area contributed by atoms with E-state index in [4.69, 9.17) is 11.6 Å². The molecule has 2 fully saturated rings. The topological polar surface area (TPSA) is 12.0 Å². The first-order valence-corrected chi connectivity index (χ1v) is 7.15. The van der Waals surface area contributed by atoms with E-state index in [0.717, 1.165) is 12.0 Å². The minimum absolute atomic E-state index is 0.455. The van der Waals surface area contributed by atoms with Crippen LogP contribution >= 0.6 is 11.6 Å². The van der Waals surface area contributed by atoms with Gasteiger partial charge in [-0.3, -0.25) is 0 Å². The van der Waals surface area contributed by atoms with Gasteiger partial charge in [0.15, 0.2) is 0 Å². The second kappa shape index (κ2) is 6.10. The minimum Gasteiger partial charge on any atom is -0.314 e. The Morgan fingerprint density at radius 1 is 0.933 bits per heavy atom. The Morgan fingerprint density at radius 3 is 2.47 bits per heavy atom. The first-order chi connectivity index (χ1) is 7.34. The van der Waals surface area contributed by atoms with Crippen LogP contribution in [0.4, 0.5) is 0 Å². The van der Waals surface area contributed by atoms with Crippen LogP contribution in [0.15, 0.2) is 0 Å². The van der Waals surface area contributed by atoms with Gasteiger partial charge in [0, 0.05) is 11.4 Å². The van der Waals surface area contributed by atoms with Crippen molar-refractivity contribution in [3.63, 3.8) is 0 Å². The van der Waals surface area contributed by atoms with E-state index >= 15 is 0 Å². The predicted octanol–water partition coefficient (Wildman–Crippen LogP) is 3.71. The summed E-state index contributed by atoms with van der Waals surface area (Å²) in [5.74, 6) is 0.850. The zero-order valence-electron chi connectivity index (χ0n) is 9.68. The quantitative estimate of drug-likeness (QED) is 0.728. The van der Waals surface area contributed by atoms with Crippen molar-refractivity contribution in [3.8, 4) is 0 Å². The summed E-state index contributed by atoms with van der Waals surface area (Å²) in [4.78, 5) is 0. The lowest BCUT2D eigenvalue weighted by Gasteiger charge is -2.29. The highest BCUT2D eigenvalue weighted by Gasteiger charge is 2.21. The van der Waals surface area contributed by atoms with Gasteiger partial charge >= 0.3 is 0 Å². The van der Waals surface area contributed by atoms with E-state index in [1.54, 1.807) is 0 Å². The first-order valence-electron chi connectivity index (χ1n) is 6.72. The molecule has 2 atom stereocenters. The maximum absolute atomic E-state index is 6.21. The monoisotopic (exact) mass is 229 g/mol. The third-order valence-corrected chi connectivity index (χ3v) is 4.42. The number of alkyl halides is 1. The van der Waals surface area contributed by atoms with Gasteiger partial charge in [-0.1, -0.05) is 25.7 Å². The van der Waals surface area contributed by atoms with E-state index < -0.39 is 0 Å². The first kappa shape index (κ1) is 11.7. The largest absolute Gasteiger partial charge is 0.314 e. The molecule has 0 aromatic carbocycles. The molecule has 1 nitrogen and oxygen atoms in total. The highest BCUT2D eigenvalue weighted by Crippen LogP contribution is 2.27. The van der Waals surface area contributed by atoms with Gasteiger partial charge in [0.2, 0.25) is 0 Å². The van der Waals surface area contributed by atoms with E-state index in [2.05, 4.69) is 5.32 Å². The molecular weight excluding hydrogens is 206 g/mol. The molecule has 2 unspecified atom stereocenters. The van der Waals surface area contributed by atoms with Gasteiger partial charge < -0.3 is 5.32 Å². The van der Waals surface area contributed by atoms with Crippen molar-refractivity contribution in [2.45, 2.75) is 69.2 Å². The molecule has 2 rings (SSSR count). The van der Waals surface area contributed by atoms with Crippen molar-refractivity contribution in [1.29, 1.82) is 0 Å². The summed E-state index contributed by atoms with van der Waals surface area (Å²) in [7, 11) is 0. The molecule has 0 aliphatic heterocycles. The molecule has 1 N–H and O–H groups in total. The van der Waals surface area contributed by atoms with Crippen molar-refractivity contribution in [1.82, 2.24) is 5.32 Å². The zero-order valence-corrected chi connectivity index (χ0v) is 10.4. The molecule has 0 saturated heterocycles. The smallest absolute Gasteiger partial charge is 0.0339 e. The molecule has 2 aliphatic rings. The van der Waals surface area contributed by atoms with Crippen LogP contribution in [0.5, 0.6) is 0 Å². The molecule has 2 heteroatoms. The SMILES string of the molecule is ClC1CCCC(CNC2CCCCC2)C1. The van der Waals surface area contributed by atoms with Gasteiger partial charge in [-0.2, -0.15) is 0 Å². The number of hydrogen-bond donors (Lipinski definition) is 1. The summed E-state index contributed by atoms with van der Waals surface area (Å²) in [6.07, 6.45) is 12.3. The minimum atomic E-state index is 0.455. The van der Waals surface area contributed by atoms with Crippen LogP contribution in [0.2, 0.25) is 0 Å². The van der Waals surface area contributed by atoms with Gasteiger partial charge in [-0.25, -0.2) is 0 Å². The highest BCUT2D eigenvalue weighted by atomic mass is 35.5. The Kier molecular flexibility index (Phi) is 4.77. The molecule has 0 spiro atoms. The summed E-state index contributed by atoms with van der Waals surface area (Å²) in [5, 5.41) is 4.21. The Labute approximate surface area is 99.0 Å². The predicted molar refractivity (Wildman–Crippen MR) is 66.5 cm³/mol. The van der Waals surface area contributed by atoms with Gasteiger partial charge in [-0.15, -0.1) is 11.6 Å². The van der Waals surface area contributed by atoms with Crippen LogP contribution in [0.1, 0.15) is 57.8 Å². The lowest BCUT2D eigenvalue weighted by molar-refractivity contribution is 0.302. The maximum atomic E-state index is 6.21. The Balaban J connectivity index is 1.63. The third kappa shape index (κ3) is 3.96. The fourth-order valence-corrected chi connectivity index (χ4v) is 3.46. The van der Waals surface area contributed by atoms with Gasteiger partial charge in [0.1, 0.15) is 0 Å². The second-order valence-corrected chi connectivity index (χ2v) is 5.99. The fourth-order valence-electron chi connectivity index (χ4n) is 3.05. The summed E-state index contributed by atoms with van der Waals surface area (Å²) in [6, 6.07) is 0.814. The van der Waals surface area contributed by atoms with E-state index in [0.29, 0.717) is 5.38 Å². The van der Waals surface area contributed by atoms with Crippen molar-refractivity contribution in [2.75, 3.05) is 6.54 Å². The zero-order chi connectivity index (χ0) is 10.5. The third-order valence-electron chi connectivity index (χ3n) is 4.02. The lowest BCUT2D eigenvalue weighted by Crippen LogP contribution is -2.36. The van der Waals surface area contributed by atoms with Crippen LogP contribution in [0, 0.1) is 5.92 Å². The molecule has 0 bridgehead atoms. The summed E-state index contributed by atoms with van der Waals surface area (Å²) in [5.41, 5.74) is 0. The van der Waals surface area contributed by atoms with E-state index in [9.17, 15) is 0 Å². The van der Waals surface area contributed by atoms with E-state index in [1.165, 1.54) is 64.3 Å². The lowest BCUT2D eigenvalue weighted by atomic mass is 9.88. The molecule has 0 amide bonds. The summed E-state index contributed by atoms with van der Waals surface area (Å²) >= 11 is 6.21. The maximum Gasteiger partial charge on any atom is 0.0339 e. The van der Waals surface area contributed by atoms with Gasteiger partial charge in [0.25, 0.3) is 0 Å². The molecule has 88 valence electrons. The molecule has 0 aromatic heterocycles. The molecular formula is C13H24ClN. The number of nitrogens with one attached hydrogen (secondary N) is 1. The van der Waals surface area contributed by atoms with Crippen LogP contribution in [-0.2, 0) is 0 Å². The number of halogens is 1. The standard InChI is InChI=1S/C13H24ClN/c14-12-6-4-5-11(9-12)10-15-13-7-2-1-3-8-13/h11-13,15H,1-10H2. The summed E-state index contributed by atoms with van der Waals surface area (Å²) in [6.45, 7) is 1.22. The summed E-state index contributed by atoms with van der Waals surface area (Å²) < 4.78 is 0. The van der Waals surface area contributed by atoms with Crippen LogP contribution in [-0.4, -0.2) is 18.0 Å². The Morgan fingerprint density at radius 2 is 1.73 bits per heavy atom. The molecule has 0 radical (unpaired) electrons. The second-order valence-electron chi connectivity index (χ2n) is 5.37. The molecule has 0 aromatic rings. The van der Waals surface area contributed by atoms with Crippen molar-refractivity contribution >= 4 is 11.6 Å². The van der Waals surface area contributed by atoms with Crippen LogP contribution < -0.4 is 5.32 Å². The Hall–Kier alpha value is 0.250. The number of hydrogen-bond acceptors (Lipinski definition) is 1. The molecule has 15 heavy (non-hydrogen) atoms. The molecule has 0 heterocycles.